The number of hydrogen-bond donors (Lipinski definition) is 1. The van der Waals surface area contributed by atoms with Crippen LogP contribution < -0.4 is 5.32 Å². The Hall–Kier alpha value is -0.960. The molecule has 1 heterocycles. The SMILES string of the molecule is CC(C)(CCl)C(=O)NC1CCCc2occc21. The fourth-order valence-corrected chi connectivity index (χ4v) is 2.17. The van der Waals surface area contributed by atoms with Gasteiger partial charge < -0.3 is 9.73 Å². The first kappa shape index (κ1) is 12.5. The lowest BCUT2D eigenvalue weighted by Crippen LogP contribution is -2.40. The largest absolute Gasteiger partial charge is 0.469 e. The van der Waals surface area contributed by atoms with E-state index in [1.165, 1.54) is 0 Å². The van der Waals surface area contributed by atoms with E-state index in [0.717, 1.165) is 30.6 Å². The van der Waals surface area contributed by atoms with Gasteiger partial charge in [0.2, 0.25) is 5.91 Å². The maximum Gasteiger partial charge on any atom is 0.227 e. The highest BCUT2D eigenvalue weighted by atomic mass is 35.5. The molecule has 0 aromatic carbocycles. The van der Waals surface area contributed by atoms with Crippen LogP contribution in [0.4, 0.5) is 0 Å². The number of aryl methyl sites for hydroxylation is 1. The third-order valence-electron chi connectivity index (χ3n) is 3.31. The van der Waals surface area contributed by atoms with Gasteiger partial charge in [0.15, 0.2) is 0 Å². The highest BCUT2D eigenvalue weighted by Gasteiger charge is 2.31. The van der Waals surface area contributed by atoms with Gasteiger partial charge >= 0.3 is 0 Å². The molecule has 2 rings (SSSR count). The number of furan rings is 1. The van der Waals surface area contributed by atoms with Crippen molar-refractivity contribution in [2.24, 2.45) is 5.41 Å². The predicted molar refractivity (Wildman–Crippen MR) is 67.0 cm³/mol. The molecular weight excluding hydrogens is 238 g/mol. The summed E-state index contributed by atoms with van der Waals surface area (Å²) in [6.07, 6.45) is 4.68. The van der Waals surface area contributed by atoms with E-state index in [-0.39, 0.29) is 11.9 Å². The van der Waals surface area contributed by atoms with Crippen molar-refractivity contribution in [3.8, 4) is 0 Å². The van der Waals surface area contributed by atoms with Gasteiger partial charge in [0.25, 0.3) is 0 Å². The molecule has 1 aromatic rings. The average Bonchev–Trinajstić information content (AvgIpc) is 2.78. The van der Waals surface area contributed by atoms with Gasteiger partial charge in [-0.3, -0.25) is 4.79 Å². The lowest BCUT2D eigenvalue weighted by molar-refractivity contribution is -0.129. The summed E-state index contributed by atoms with van der Waals surface area (Å²) in [4.78, 5) is 12.1. The lowest BCUT2D eigenvalue weighted by atomic mass is 9.90. The number of halogens is 1. The minimum Gasteiger partial charge on any atom is -0.469 e. The van der Waals surface area contributed by atoms with Gasteiger partial charge in [0, 0.05) is 17.9 Å². The van der Waals surface area contributed by atoms with Crippen molar-refractivity contribution >= 4 is 17.5 Å². The molecule has 4 heteroatoms. The molecule has 3 nitrogen and oxygen atoms in total. The predicted octanol–water partition coefficient (Wildman–Crippen LogP) is 3.04. The number of carbonyl (C=O) groups is 1. The molecule has 0 saturated carbocycles. The van der Waals surface area contributed by atoms with Gasteiger partial charge in [-0.1, -0.05) is 0 Å². The first-order chi connectivity index (χ1) is 8.04. The van der Waals surface area contributed by atoms with E-state index in [4.69, 9.17) is 16.0 Å². The van der Waals surface area contributed by atoms with Crippen molar-refractivity contribution in [3.63, 3.8) is 0 Å². The summed E-state index contributed by atoms with van der Waals surface area (Å²) in [5, 5.41) is 3.07. The zero-order valence-electron chi connectivity index (χ0n) is 10.3. The molecular formula is C13H18ClNO2. The average molecular weight is 256 g/mol. The van der Waals surface area contributed by atoms with Gasteiger partial charge in [0.05, 0.1) is 17.7 Å². The molecule has 1 aromatic heterocycles. The van der Waals surface area contributed by atoms with E-state index in [1.54, 1.807) is 6.26 Å². The molecule has 1 aliphatic carbocycles. The molecule has 0 fully saturated rings. The van der Waals surface area contributed by atoms with E-state index in [2.05, 4.69) is 5.32 Å². The van der Waals surface area contributed by atoms with Crippen molar-refractivity contribution in [2.45, 2.75) is 39.2 Å². The number of nitrogens with one attached hydrogen (secondary N) is 1. The number of amides is 1. The lowest BCUT2D eigenvalue weighted by Gasteiger charge is -2.27. The first-order valence-corrected chi connectivity index (χ1v) is 6.51. The summed E-state index contributed by atoms with van der Waals surface area (Å²) >= 11 is 5.81. The van der Waals surface area contributed by atoms with E-state index >= 15 is 0 Å². The van der Waals surface area contributed by atoms with Crippen LogP contribution in [0.3, 0.4) is 0 Å². The van der Waals surface area contributed by atoms with Crippen LogP contribution in [0.25, 0.3) is 0 Å². The number of carbonyl (C=O) groups excluding carboxylic acids is 1. The Morgan fingerprint density at radius 2 is 2.41 bits per heavy atom. The summed E-state index contributed by atoms with van der Waals surface area (Å²) in [6, 6.07) is 2.03. The second kappa shape index (κ2) is 4.73. The van der Waals surface area contributed by atoms with Gasteiger partial charge in [-0.15, -0.1) is 11.6 Å². The van der Waals surface area contributed by atoms with Crippen molar-refractivity contribution in [2.75, 3.05) is 5.88 Å². The van der Waals surface area contributed by atoms with Gasteiger partial charge in [-0.2, -0.15) is 0 Å². The minimum absolute atomic E-state index is 0.00606. The fraction of sp³-hybridized carbons (Fsp3) is 0.615. The van der Waals surface area contributed by atoms with Crippen LogP contribution in [0.5, 0.6) is 0 Å². The van der Waals surface area contributed by atoms with E-state index in [9.17, 15) is 4.79 Å². The normalized spacial score (nSPS) is 19.8. The highest BCUT2D eigenvalue weighted by molar-refractivity contribution is 6.19. The molecule has 1 amide bonds. The number of rotatable bonds is 3. The topological polar surface area (TPSA) is 42.2 Å². The maximum absolute atomic E-state index is 12.1. The van der Waals surface area contributed by atoms with E-state index in [1.807, 2.05) is 19.9 Å². The molecule has 0 aliphatic heterocycles. The highest BCUT2D eigenvalue weighted by Crippen LogP contribution is 2.31. The smallest absolute Gasteiger partial charge is 0.227 e. The summed E-state index contributed by atoms with van der Waals surface area (Å²) in [7, 11) is 0. The monoisotopic (exact) mass is 255 g/mol. The van der Waals surface area contributed by atoms with Crippen molar-refractivity contribution in [3.05, 3.63) is 23.7 Å². The number of alkyl halides is 1. The second-order valence-electron chi connectivity index (χ2n) is 5.23. The van der Waals surface area contributed by atoms with Crippen molar-refractivity contribution < 1.29 is 9.21 Å². The third-order valence-corrected chi connectivity index (χ3v) is 3.97. The van der Waals surface area contributed by atoms with Gasteiger partial charge in [0.1, 0.15) is 5.76 Å². The fourth-order valence-electron chi connectivity index (χ4n) is 2.05. The Labute approximate surface area is 107 Å². The molecule has 0 saturated heterocycles. The van der Waals surface area contributed by atoms with Crippen LogP contribution in [0, 0.1) is 5.41 Å². The molecule has 1 aliphatic rings. The van der Waals surface area contributed by atoms with Crippen LogP contribution >= 0.6 is 11.6 Å². The van der Waals surface area contributed by atoms with Crippen LogP contribution in [-0.4, -0.2) is 11.8 Å². The molecule has 94 valence electrons. The maximum atomic E-state index is 12.1. The molecule has 17 heavy (non-hydrogen) atoms. The third kappa shape index (κ3) is 2.49. The standard InChI is InChI=1S/C13H18ClNO2/c1-13(2,8-14)12(16)15-10-4-3-5-11-9(10)6-7-17-11/h6-7,10H,3-5,8H2,1-2H3,(H,15,16). The quantitative estimate of drug-likeness (QED) is 0.844. The second-order valence-corrected chi connectivity index (χ2v) is 5.50. The Morgan fingerprint density at radius 3 is 3.12 bits per heavy atom. The molecule has 1 unspecified atom stereocenters. The van der Waals surface area contributed by atoms with Gasteiger partial charge in [-0.05, 0) is 32.8 Å². The molecule has 1 atom stereocenters. The van der Waals surface area contributed by atoms with Crippen LogP contribution in [-0.2, 0) is 11.2 Å². The van der Waals surface area contributed by atoms with Crippen LogP contribution in [0.2, 0.25) is 0 Å². The molecule has 0 radical (unpaired) electrons. The minimum atomic E-state index is -0.525. The van der Waals surface area contributed by atoms with E-state index in [0.29, 0.717) is 5.88 Å². The van der Waals surface area contributed by atoms with E-state index < -0.39 is 5.41 Å². The Bertz CT molecular complexity index is 411. The number of fused-ring (bicyclic) bond motifs is 1. The Balaban J connectivity index is 2.09. The first-order valence-electron chi connectivity index (χ1n) is 5.98. The number of hydrogen-bond acceptors (Lipinski definition) is 2. The van der Waals surface area contributed by atoms with Crippen molar-refractivity contribution in [1.82, 2.24) is 5.32 Å². The molecule has 1 N–H and O–H groups in total. The van der Waals surface area contributed by atoms with Crippen LogP contribution in [0.1, 0.15) is 44.1 Å². The van der Waals surface area contributed by atoms with Gasteiger partial charge in [-0.25, -0.2) is 0 Å². The molecule has 0 bridgehead atoms. The molecule has 0 spiro atoms. The summed E-state index contributed by atoms with van der Waals surface area (Å²) in [6.45, 7) is 3.71. The Kier molecular flexibility index (Phi) is 3.48. The summed E-state index contributed by atoms with van der Waals surface area (Å²) < 4.78 is 5.40. The summed E-state index contributed by atoms with van der Waals surface area (Å²) in [5.74, 6) is 1.33. The van der Waals surface area contributed by atoms with Crippen LogP contribution in [0.15, 0.2) is 16.7 Å². The zero-order valence-corrected chi connectivity index (χ0v) is 11.0. The summed E-state index contributed by atoms with van der Waals surface area (Å²) in [5.41, 5.74) is 0.595. The zero-order chi connectivity index (χ0) is 12.5. The Morgan fingerprint density at radius 1 is 1.65 bits per heavy atom. The van der Waals surface area contributed by atoms with Crippen molar-refractivity contribution in [1.29, 1.82) is 0 Å².